The minimum absolute atomic E-state index is 0.128. The van der Waals surface area contributed by atoms with Gasteiger partial charge in [-0.3, -0.25) is 0 Å². The fourth-order valence-electron chi connectivity index (χ4n) is 1.25. The lowest BCUT2D eigenvalue weighted by Crippen LogP contribution is -2.02. The molecule has 0 aliphatic carbocycles. The van der Waals surface area contributed by atoms with Crippen molar-refractivity contribution in [1.82, 2.24) is 10.2 Å². The van der Waals surface area contributed by atoms with Crippen molar-refractivity contribution in [2.24, 2.45) is 0 Å². The van der Waals surface area contributed by atoms with E-state index in [1.165, 1.54) is 12.1 Å². The Morgan fingerprint density at radius 1 is 1.06 bits per heavy atom. The molecule has 1 N–H and O–H groups in total. The lowest BCUT2D eigenvalue weighted by atomic mass is 10.3. The molecule has 92 valence electrons. The van der Waals surface area contributed by atoms with Crippen LogP contribution in [0.1, 0.15) is 10.5 Å². The van der Waals surface area contributed by atoms with Gasteiger partial charge in [-0.2, -0.15) is 0 Å². The maximum Gasteiger partial charge on any atom is 0.356 e. The molecule has 0 atom stereocenters. The van der Waals surface area contributed by atoms with Crippen LogP contribution in [0.15, 0.2) is 36.4 Å². The van der Waals surface area contributed by atoms with Crippen molar-refractivity contribution in [1.29, 1.82) is 0 Å². The van der Waals surface area contributed by atoms with Crippen molar-refractivity contribution in [3.8, 4) is 17.4 Å². The van der Waals surface area contributed by atoms with Crippen molar-refractivity contribution in [3.63, 3.8) is 0 Å². The average molecular weight is 246 g/mol. The number of carboxylic acid groups (broad SMARTS) is 1. The number of carboxylic acids is 1. The van der Waals surface area contributed by atoms with E-state index in [2.05, 4.69) is 10.2 Å². The molecule has 18 heavy (non-hydrogen) atoms. The Kier molecular flexibility index (Phi) is 3.38. The molecule has 0 fully saturated rings. The van der Waals surface area contributed by atoms with E-state index >= 15 is 0 Å². The maximum absolute atomic E-state index is 10.6. The van der Waals surface area contributed by atoms with Crippen LogP contribution in [0.3, 0.4) is 0 Å². The molecule has 2 rings (SSSR count). The molecular formula is C12H10N2O4. The number of carbonyl (C=O) groups is 1. The van der Waals surface area contributed by atoms with Crippen LogP contribution in [0.25, 0.3) is 0 Å². The van der Waals surface area contributed by atoms with Gasteiger partial charge >= 0.3 is 5.97 Å². The number of hydrogen-bond acceptors (Lipinski definition) is 5. The molecule has 1 aromatic carbocycles. The van der Waals surface area contributed by atoms with Gasteiger partial charge in [-0.1, -0.05) is 0 Å². The number of ether oxygens (including phenoxy) is 2. The van der Waals surface area contributed by atoms with Crippen LogP contribution in [0, 0.1) is 0 Å². The summed E-state index contributed by atoms with van der Waals surface area (Å²) < 4.78 is 10.4. The van der Waals surface area contributed by atoms with Crippen LogP contribution in [0.4, 0.5) is 0 Å². The monoisotopic (exact) mass is 246 g/mol. The number of aromatic carboxylic acids is 1. The predicted molar refractivity (Wildman–Crippen MR) is 62.1 cm³/mol. The fraction of sp³-hybridized carbons (Fsp3) is 0.0833. The third kappa shape index (κ3) is 2.73. The highest BCUT2D eigenvalue weighted by molar-refractivity contribution is 5.84. The minimum atomic E-state index is -1.13. The van der Waals surface area contributed by atoms with Gasteiger partial charge in [0.25, 0.3) is 0 Å². The average Bonchev–Trinajstić information content (AvgIpc) is 2.40. The van der Waals surface area contributed by atoms with Gasteiger partial charge in [0.05, 0.1) is 7.11 Å². The first-order valence-corrected chi connectivity index (χ1v) is 5.08. The molecular weight excluding hydrogens is 236 g/mol. The zero-order valence-electron chi connectivity index (χ0n) is 9.53. The first-order valence-electron chi connectivity index (χ1n) is 5.08. The quantitative estimate of drug-likeness (QED) is 0.888. The second kappa shape index (κ2) is 5.13. The van der Waals surface area contributed by atoms with Crippen LogP contribution in [0.2, 0.25) is 0 Å². The molecule has 6 nitrogen and oxygen atoms in total. The molecule has 0 bridgehead atoms. The number of methoxy groups -OCH3 is 1. The zero-order valence-corrected chi connectivity index (χ0v) is 9.53. The van der Waals surface area contributed by atoms with E-state index in [1.807, 2.05) is 0 Å². The summed E-state index contributed by atoms with van der Waals surface area (Å²) in [5, 5.41) is 15.8. The van der Waals surface area contributed by atoms with E-state index in [0.29, 0.717) is 5.75 Å². The second-order valence-corrected chi connectivity index (χ2v) is 3.34. The summed E-state index contributed by atoms with van der Waals surface area (Å²) in [6, 6.07) is 9.69. The fourth-order valence-corrected chi connectivity index (χ4v) is 1.25. The second-order valence-electron chi connectivity index (χ2n) is 3.34. The van der Waals surface area contributed by atoms with Crippen LogP contribution >= 0.6 is 0 Å². The lowest BCUT2D eigenvalue weighted by molar-refractivity contribution is 0.0689. The van der Waals surface area contributed by atoms with Crippen molar-refractivity contribution < 1.29 is 19.4 Å². The van der Waals surface area contributed by atoms with Gasteiger partial charge in [0.1, 0.15) is 11.5 Å². The highest BCUT2D eigenvalue weighted by Crippen LogP contribution is 2.21. The van der Waals surface area contributed by atoms with Crippen LogP contribution < -0.4 is 9.47 Å². The van der Waals surface area contributed by atoms with Crippen molar-refractivity contribution >= 4 is 5.97 Å². The van der Waals surface area contributed by atoms with Gasteiger partial charge in [-0.15, -0.1) is 10.2 Å². The smallest absolute Gasteiger partial charge is 0.356 e. The highest BCUT2D eigenvalue weighted by Gasteiger charge is 2.06. The van der Waals surface area contributed by atoms with Crippen LogP contribution in [-0.4, -0.2) is 28.4 Å². The summed E-state index contributed by atoms with van der Waals surface area (Å²) in [5.41, 5.74) is -0.128. The Balaban J connectivity index is 2.10. The first-order chi connectivity index (χ1) is 8.69. The van der Waals surface area contributed by atoms with Gasteiger partial charge in [0.15, 0.2) is 5.69 Å². The van der Waals surface area contributed by atoms with E-state index in [-0.39, 0.29) is 11.6 Å². The number of benzene rings is 1. The standard InChI is InChI=1S/C12H10N2O4/c1-17-8-2-4-9(5-3-8)18-11-7-6-10(12(15)16)13-14-11/h2-7H,1H3,(H,15,16). The third-order valence-electron chi connectivity index (χ3n) is 2.14. The van der Waals surface area contributed by atoms with E-state index in [9.17, 15) is 4.79 Å². The first kappa shape index (κ1) is 11.8. The molecule has 6 heteroatoms. The molecule has 0 saturated heterocycles. The molecule has 0 amide bonds. The zero-order chi connectivity index (χ0) is 13.0. The molecule has 1 aromatic heterocycles. The van der Waals surface area contributed by atoms with Gasteiger partial charge < -0.3 is 14.6 Å². The number of nitrogens with zero attached hydrogens (tertiary/aromatic N) is 2. The summed E-state index contributed by atoms with van der Waals surface area (Å²) in [6.07, 6.45) is 0. The highest BCUT2D eigenvalue weighted by atomic mass is 16.5. The topological polar surface area (TPSA) is 81.5 Å². The van der Waals surface area contributed by atoms with Gasteiger partial charge in [-0.25, -0.2) is 4.79 Å². The number of aromatic nitrogens is 2. The van der Waals surface area contributed by atoms with E-state index in [4.69, 9.17) is 14.6 Å². The molecule has 0 unspecified atom stereocenters. The lowest BCUT2D eigenvalue weighted by Gasteiger charge is -2.05. The summed E-state index contributed by atoms with van der Waals surface area (Å²) in [6.45, 7) is 0. The predicted octanol–water partition coefficient (Wildman–Crippen LogP) is 1.98. The van der Waals surface area contributed by atoms with Gasteiger partial charge in [-0.05, 0) is 30.3 Å². The Bertz CT molecular complexity index is 537. The summed E-state index contributed by atoms with van der Waals surface area (Å²) in [5.74, 6) is 0.381. The van der Waals surface area contributed by atoms with Gasteiger partial charge in [0, 0.05) is 6.07 Å². The minimum Gasteiger partial charge on any atom is -0.497 e. The molecule has 1 heterocycles. The van der Waals surface area contributed by atoms with Gasteiger partial charge in [0.2, 0.25) is 5.88 Å². The summed E-state index contributed by atoms with van der Waals surface area (Å²) >= 11 is 0. The van der Waals surface area contributed by atoms with E-state index in [0.717, 1.165) is 5.75 Å². The molecule has 0 aliphatic heterocycles. The Hall–Kier alpha value is -2.63. The molecule has 0 radical (unpaired) electrons. The Morgan fingerprint density at radius 2 is 1.72 bits per heavy atom. The SMILES string of the molecule is COc1ccc(Oc2ccc(C(=O)O)nn2)cc1. The van der Waals surface area contributed by atoms with E-state index in [1.54, 1.807) is 31.4 Å². The maximum atomic E-state index is 10.6. The molecule has 0 saturated carbocycles. The summed E-state index contributed by atoms with van der Waals surface area (Å²) in [7, 11) is 1.58. The largest absolute Gasteiger partial charge is 0.497 e. The van der Waals surface area contributed by atoms with Crippen molar-refractivity contribution in [2.75, 3.05) is 7.11 Å². The van der Waals surface area contributed by atoms with Crippen LogP contribution in [0.5, 0.6) is 17.4 Å². The molecule has 0 spiro atoms. The van der Waals surface area contributed by atoms with Crippen molar-refractivity contribution in [2.45, 2.75) is 0 Å². The summed E-state index contributed by atoms with van der Waals surface area (Å²) in [4.78, 5) is 10.6. The molecule has 2 aromatic rings. The Morgan fingerprint density at radius 3 is 2.22 bits per heavy atom. The molecule has 0 aliphatic rings. The Labute approximate surface area is 103 Å². The van der Waals surface area contributed by atoms with Crippen molar-refractivity contribution in [3.05, 3.63) is 42.1 Å². The van der Waals surface area contributed by atoms with Crippen LogP contribution in [-0.2, 0) is 0 Å². The normalized spacial score (nSPS) is 9.83. The number of hydrogen-bond donors (Lipinski definition) is 1. The van der Waals surface area contributed by atoms with E-state index < -0.39 is 5.97 Å². The number of rotatable bonds is 4. The third-order valence-corrected chi connectivity index (χ3v) is 2.14.